The Labute approximate surface area is 200 Å². The predicted molar refractivity (Wildman–Crippen MR) is 130 cm³/mol. The van der Waals surface area contributed by atoms with E-state index in [1.807, 2.05) is 0 Å². The normalized spacial score (nSPS) is 15.5. The van der Waals surface area contributed by atoms with Crippen LogP contribution in [-0.2, 0) is 14.8 Å². The lowest BCUT2D eigenvalue weighted by molar-refractivity contribution is -0.119. The Morgan fingerprint density at radius 1 is 1.09 bits per heavy atom. The molecule has 32 heavy (non-hydrogen) atoms. The van der Waals surface area contributed by atoms with Crippen LogP contribution >= 0.6 is 23.2 Å². The van der Waals surface area contributed by atoms with E-state index in [1.165, 1.54) is 43.2 Å². The zero-order valence-electron chi connectivity index (χ0n) is 18.1. The van der Waals surface area contributed by atoms with E-state index in [4.69, 9.17) is 23.2 Å². The van der Waals surface area contributed by atoms with Gasteiger partial charge in [0.05, 0.1) is 10.6 Å². The zero-order chi connectivity index (χ0) is 23.1. The molecule has 0 aromatic heterocycles. The molecule has 0 spiro atoms. The summed E-state index contributed by atoms with van der Waals surface area (Å²) in [5, 5.41) is 3.42. The molecule has 2 aromatic rings. The van der Waals surface area contributed by atoms with Crippen LogP contribution in [0.2, 0.25) is 10.0 Å². The standard InChI is InChI=1S/C23H29Cl2N3O3S/c1-18-8-12-27(13-9-18)11-5-10-26-23(29)17-28(21-15-19(24)14-20(25)16-21)32(30,31)22-6-3-2-4-7-22/h2-4,6-7,14-16,18H,5,8-13,17H2,1H3,(H,26,29). The van der Waals surface area contributed by atoms with E-state index in [-0.39, 0.29) is 33.1 Å². The number of benzene rings is 2. The number of likely N-dealkylation sites (tertiary alicyclic amines) is 1. The Morgan fingerprint density at radius 2 is 1.72 bits per heavy atom. The number of nitrogens with one attached hydrogen (secondary N) is 1. The number of nitrogens with zero attached hydrogens (tertiary/aromatic N) is 2. The SMILES string of the molecule is CC1CCN(CCCNC(=O)CN(c2cc(Cl)cc(Cl)c2)S(=O)(=O)c2ccccc2)CC1. The van der Waals surface area contributed by atoms with Crippen LogP contribution in [-0.4, -0.2) is 51.9 Å². The van der Waals surface area contributed by atoms with Crippen molar-refractivity contribution in [1.29, 1.82) is 0 Å². The highest BCUT2D eigenvalue weighted by atomic mass is 35.5. The molecule has 0 unspecified atom stereocenters. The van der Waals surface area contributed by atoms with Crippen molar-refractivity contribution >= 4 is 44.8 Å². The number of carbonyl (C=O) groups is 1. The van der Waals surface area contributed by atoms with Gasteiger partial charge in [0.1, 0.15) is 6.54 Å². The van der Waals surface area contributed by atoms with Gasteiger partial charge in [0.2, 0.25) is 5.91 Å². The number of rotatable bonds is 9. The van der Waals surface area contributed by atoms with Crippen LogP contribution in [0.25, 0.3) is 0 Å². The molecule has 0 radical (unpaired) electrons. The summed E-state index contributed by atoms with van der Waals surface area (Å²) < 4.78 is 27.7. The highest BCUT2D eigenvalue weighted by Crippen LogP contribution is 2.29. The van der Waals surface area contributed by atoms with Crippen LogP contribution in [0.5, 0.6) is 0 Å². The van der Waals surface area contributed by atoms with Gasteiger partial charge in [-0.2, -0.15) is 0 Å². The molecule has 0 aliphatic carbocycles. The number of piperidine rings is 1. The Hall–Kier alpha value is -1.80. The highest BCUT2D eigenvalue weighted by molar-refractivity contribution is 7.92. The topological polar surface area (TPSA) is 69.7 Å². The number of sulfonamides is 1. The third-order valence-electron chi connectivity index (χ3n) is 5.60. The lowest BCUT2D eigenvalue weighted by Crippen LogP contribution is -2.42. The monoisotopic (exact) mass is 497 g/mol. The molecule has 9 heteroatoms. The first-order valence-corrected chi connectivity index (χ1v) is 13.0. The van der Waals surface area contributed by atoms with Gasteiger partial charge >= 0.3 is 0 Å². The molecule has 1 fully saturated rings. The van der Waals surface area contributed by atoms with Gasteiger partial charge in [-0.15, -0.1) is 0 Å². The molecule has 174 valence electrons. The smallest absolute Gasteiger partial charge is 0.264 e. The summed E-state index contributed by atoms with van der Waals surface area (Å²) in [6.45, 7) is 5.50. The first-order chi connectivity index (χ1) is 15.3. The Kier molecular flexibility index (Phi) is 8.82. The maximum Gasteiger partial charge on any atom is 0.264 e. The van der Waals surface area contributed by atoms with Gasteiger partial charge in [-0.3, -0.25) is 9.10 Å². The number of anilines is 1. The molecule has 1 N–H and O–H groups in total. The molecule has 1 aliphatic heterocycles. The Balaban J connectivity index is 1.67. The van der Waals surface area contributed by atoms with E-state index >= 15 is 0 Å². The molecule has 2 aromatic carbocycles. The molecule has 6 nitrogen and oxygen atoms in total. The van der Waals surface area contributed by atoms with Gasteiger partial charge in [0, 0.05) is 16.6 Å². The summed E-state index contributed by atoms with van der Waals surface area (Å²) >= 11 is 12.2. The predicted octanol–water partition coefficient (Wildman–Crippen LogP) is 4.43. The summed E-state index contributed by atoms with van der Waals surface area (Å²) in [5.41, 5.74) is 0.240. The lowest BCUT2D eigenvalue weighted by Gasteiger charge is -2.30. The van der Waals surface area contributed by atoms with Crippen molar-refractivity contribution in [2.24, 2.45) is 5.92 Å². The summed E-state index contributed by atoms with van der Waals surface area (Å²) in [6, 6.07) is 12.5. The molecule has 1 amide bonds. The van der Waals surface area contributed by atoms with Crippen molar-refractivity contribution < 1.29 is 13.2 Å². The van der Waals surface area contributed by atoms with Gasteiger partial charge in [-0.25, -0.2) is 8.42 Å². The third-order valence-corrected chi connectivity index (χ3v) is 7.83. The van der Waals surface area contributed by atoms with Crippen molar-refractivity contribution in [3.05, 3.63) is 58.6 Å². The largest absolute Gasteiger partial charge is 0.354 e. The van der Waals surface area contributed by atoms with Crippen LogP contribution < -0.4 is 9.62 Å². The van der Waals surface area contributed by atoms with E-state index in [0.29, 0.717) is 6.54 Å². The van der Waals surface area contributed by atoms with Crippen molar-refractivity contribution in [2.45, 2.75) is 31.1 Å². The zero-order valence-corrected chi connectivity index (χ0v) is 20.5. The third kappa shape index (κ3) is 6.85. The summed E-state index contributed by atoms with van der Waals surface area (Å²) in [4.78, 5) is 15.2. The second kappa shape index (κ2) is 11.4. The van der Waals surface area contributed by atoms with Crippen LogP contribution in [0.4, 0.5) is 5.69 Å². The number of carbonyl (C=O) groups excluding carboxylic acids is 1. The van der Waals surface area contributed by atoms with Crippen LogP contribution in [0.1, 0.15) is 26.2 Å². The summed E-state index contributed by atoms with van der Waals surface area (Å²) in [6.07, 6.45) is 3.23. The summed E-state index contributed by atoms with van der Waals surface area (Å²) in [7, 11) is -3.99. The molecule has 0 saturated carbocycles. The minimum absolute atomic E-state index is 0.0863. The lowest BCUT2D eigenvalue weighted by atomic mass is 9.99. The average molecular weight is 498 g/mol. The minimum atomic E-state index is -3.99. The molecule has 1 saturated heterocycles. The molecular weight excluding hydrogens is 469 g/mol. The maximum atomic E-state index is 13.3. The van der Waals surface area contributed by atoms with E-state index in [2.05, 4.69) is 17.1 Å². The van der Waals surface area contributed by atoms with Crippen molar-refractivity contribution in [3.8, 4) is 0 Å². The number of hydrogen-bond acceptors (Lipinski definition) is 4. The fourth-order valence-electron chi connectivity index (χ4n) is 3.72. The van der Waals surface area contributed by atoms with E-state index in [0.717, 1.165) is 36.3 Å². The summed E-state index contributed by atoms with van der Waals surface area (Å²) in [5.74, 6) is 0.399. The Bertz CT molecular complexity index is 990. The van der Waals surface area contributed by atoms with Gasteiger partial charge < -0.3 is 10.2 Å². The van der Waals surface area contributed by atoms with E-state index in [9.17, 15) is 13.2 Å². The van der Waals surface area contributed by atoms with Gasteiger partial charge in [0.15, 0.2) is 0 Å². The fourth-order valence-corrected chi connectivity index (χ4v) is 5.66. The molecule has 1 heterocycles. The number of amides is 1. The fraction of sp³-hybridized carbons (Fsp3) is 0.435. The quantitative estimate of drug-likeness (QED) is 0.520. The van der Waals surface area contributed by atoms with Crippen LogP contribution in [0.15, 0.2) is 53.4 Å². The molecule has 0 atom stereocenters. The molecular formula is C23H29Cl2N3O3S. The minimum Gasteiger partial charge on any atom is -0.354 e. The number of hydrogen-bond donors (Lipinski definition) is 1. The van der Waals surface area contributed by atoms with Gasteiger partial charge in [-0.1, -0.05) is 48.3 Å². The van der Waals surface area contributed by atoms with E-state index in [1.54, 1.807) is 18.2 Å². The molecule has 3 rings (SSSR count). The molecule has 1 aliphatic rings. The number of halogens is 2. The van der Waals surface area contributed by atoms with Crippen molar-refractivity contribution in [3.63, 3.8) is 0 Å². The maximum absolute atomic E-state index is 13.3. The van der Waals surface area contributed by atoms with Crippen LogP contribution in [0.3, 0.4) is 0 Å². The van der Waals surface area contributed by atoms with Crippen LogP contribution in [0, 0.1) is 5.92 Å². The Morgan fingerprint density at radius 3 is 2.34 bits per heavy atom. The van der Waals surface area contributed by atoms with Crippen molar-refractivity contribution in [2.75, 3.05) is 37.0 Å². The first kappa shape index (κ1) is 24.8. The second-order valence-corrected chi connectivity index (χ2v) is 10.9. The van der Waals surface area contributed by atoms with Gasteiger partial charge in [0.25, 0.3) is 10.0 Å². The highest BCUT2D eigenvalue weighted by Gasteiger charge is 2.27. The second-order valence-electron chi connectivity index (χ2n) is 8.18. The first-order valence-electron chi connectivity index (χ1n) is 10.8. The van der Waals surface area contributed by atoms with Crippen molar-refractivity contribution in [1.82, 2.24) is 10.2 Å². The van der Waals surface area contributed by atoms with Gasteiger partial charge in [-0.05, 0) is 75.1 Å². The van der Waals surface area contributed by atoms with E-state index < -0.39 is 10.0 Å². The average Bonchev–Trinajstić information content (AvgIpc) is 2.76. The molecule has 0 bridgehead atoms.